The molecule has 1 aromatic carbocycles. The van der Waals surface area contributed by atoms with Crippen molar-refractivity contribution < 1.29 is 19.4 Å². The first-order valence-electron chi connectivity index (χ1n) is 8.35. The maximum absolute atomic E-state index is 13.0. The van der Waals surface area contributed by atoms with Crippen LogP contribution in [0, 0.1) is 11.8 Å². The van der Waals surface area contributed by atoms with E-state index < -0.39 is 11.9 Å². The van der Waals surface area contributed by atoms with Gasteiger partial charge in [-0.1, -0.05) is 30.3 Å². The number of rotatable bonds is 3. The van der Waals surface area contributed by atoms with E-state index in [1.165, 1.54) is 0 Å². The maximum atomic E-state index is 13.0. The summed E-state index contributed by atoms with van der Waals surface area (Å²) in [6.07, 6.45) is 2.86. The van der Waals surface area contributed by atoms with Crippen LogP contribution in [-0.2, 0) is 14.3 Å². The highest BCUT2D eigenvalue weighted by Gasteiger charge is 2.38. The van der Waals surface area contributed by atoms with Gasteiger partial charge in [0.1, 0.15) is 0 Å². The van der Waals surface area contributed by atoms with Gasteiger partial charge in [-0.3, -0.25) is 9.59 Å². The highest BCUT2D eigenvalue weighted by molar-refractivity contribution is 5.81. The first-order valence-corrected chi connectivity index (χ1v) is 8.35. The minimum atomic E-state index is -0.804. The summed E-state index contributed by atoms with van der Waals surface area (Å²) >= 11 is 0. The number of carboxylic acid groups (broad SMARTS) is 1. The lowest BCUT2D eigenvalue weighted by Gasteiger charge is -2.37. The fourth-order valence-electron chi connectivity index (χ4n) is 3.62. The number of nitrogens with zero attached hydrogens (tertiary/aromatic N) is 1. The number of carbonyl (C=O) groups excluding carboxylic acids is 1. The number of carbonyl (C=O) groups is 2. The van der Waals surface area contributed by atoms with Crippen LogP contribution in [0.5, 0.6) is 0 Å². The van der Waals surface area contributed by atoms with Crippen LogP contribution in [0.3, 0.4) is 0 Å². The minimum absolute atomic E-state index is 0.0458. The molecule has 2 heterocycles. The Hall–Kier alpha value is -1.88. The molecule has 0 radical (unpaired) electrons. The zero-order chi connectivity index (χ0) is 16.2. The number of ether oxygens (including phenoxy) is 1. The Morgan fingerprint density at radius 2 is 1.91 bits per heavy atom. The first kappa shape index (κ1) is 16.0. The van der Waals surface area contributed by atoms with Crippen LogP contribution < -0.4 is 0 Å². The summed E-state index contributed by atoms with van der Waals surface area (Å²) in [5, 5.41) is 9.22. The molecule has 0 aliphatic carbocycles. The quantitative estimate of drug-likeness (QED) is 0.930. The van der Waals surface area contributed by atoms with Crippen molar-refractivity contribution in [2.24, 2.45) is 11.8 Å². The predicted molar refractivity (Wildman–Crippen MR) is 84.8 cm³/mol. The van der Waals surface area contributed by atoms with Crippen molar-refractivity contribution in [2.45, 2.75) is 31.8 Å². The second-order valence-corrected chi connectivity index (χ2v) is 6.41. The lowest BCUT2D eigenvalue weighted by atomic mass is 9.87. The van der Waals surface area contributed by atoms with Gasteiger partial charge in [0.15, 0.2) is 0 Å². The average Bonchev–Trinajstić information content (AvgIpc) is 2.62. The molecule has 1 N–H and O–H groups in total. The van der Waals surface area contributed by atoms with Crippen LogP contribution in [0.25, 0.3) is 0 Å². The molecule has 0 bridgehead atoms. The average molecular weight is 317 g/mol. The van der Waals surface area contributed by atoms with Crippen LogP contribution in [0.1, 0.15) is 37.4 Å². The summed E-state index contributed by atoms with van der Waals surface area (Å²) in [7, 11) is 0. The SMILES string of the molecule is O=C(O)[C@@H]1CCCN(C(=O)[C@H]2CCCO[C@@H]2c2ccccc2)C1. The van der Waals surface area contributed by atoms with Gasteiger partial charge in [0.25, 0.3) is 0 Å². The Balaban J connectivity index is 1.75. The first-order chi connectivity index (χ1) is 11.2. The molecular formula is C18H23NO4. The van der Waals surface area contributed by atoms with Crippen molar-refractivity contribution in [3.8, 4) is 0 Å². The van der Waals surface area contributed by atoms with Gasteiger partial charge in [0, 0.05) is 19.7 Å². The van der Waals surface area contributed by atoms with Crippen molar-refractivity contribution >= 4 is 11.9 Å². The monoisotopic (exact) mass is 317 g/mol. The summed E-state index contributed by atoms with van der Waals surface area (Å²) in [4.78, 5) is 25.9. The van der Waals surface area contributed by atoms with E-state index in [0.29, 0.717) is 26.1 Å². The molecule has 2 aliphatic heterocycles. The smallest absolute Gasteiger partial charge is 0.308 e. The van der Waals surface area contributed by atoms with E-state index in [9.17, 15) is 14.7 Å². The summed E-state index contributed by atoms with van der Waals surface area (Å²) < 4.78 is 5.90. The van der Waals surface area contributed by atoms with Crippen LogP contribution in [-0.4, -0.2) is 41.6 Å². The third-order valence-corrected chi connectivity index (χ3v) is 4.85. The third-order valence-electron chi connectivity index (χ3n) is 4.85. The summed E-state index contributed by atoms with van der Waals surface area (Å²) in [6.45, 7) is 1.65. The number of amides is 1. The summed E-state index contributed by atoms with van der Waals surface area (Å²) in [6, 6.07) is 9.84. The second-order valence-electron chi connectivity index (χ2n) is 6.41. The van der Waals surface area contributed by atoms with Crippen LogP contribution >= 0.6 is 0 Å². The highest BCUT2D eigenvalue weighted by atomic mass is 16.5. The topological polar surface area (TPSA) is 66.8 Å². The molecule has 0 saturated carbocycles. The maximum Gasteiger partial charge on any atom is 0.308 e. The van der Waals surface area contributed by atoms with Gasteiger partial charge in [-0.2, -0.15) is 0 Å². The number of aliphatic carboxylic acids is 1. The third kappa shape index (κ3) is 3.55. The van der Waals surface area contributed by atoms with E-state index in [4.69, 9.17) is 4.74 Å². The molecule has 23 heavy (non-hydrogen) atoms. The van der Waals surface area contributed by atoms with Gasteiger partial charge < -0.3 is 14.7 Å². The molecule has 5 nitrogen and oxygen atoms in total. The molecule has 2 saturated heterocycles. The van der Waals surface area contributed by atoms with Crippen molar-refractivity contribution in [3.05, 3.63) is 35.9 Å². The molecule has 3 rings (SSSR count). The van der Waals surface area contributed by atoms with E-state index in [1.54, 1.807) is 4.90 Å². The van der Waals surface area contributed by atoms with Gasteiger partial charge in [0.2, 0.25) is 5.91 Å². The Kier molecular flexibility index (Phi) is 4.96. The predicted octanol–water partition coefficient (Wildman–Crippen LogP) is 2.48. The van der Waals surface area contributed by atoms with Crippen LogP contribution in [0.4, 0.5) is 0 Å². The van der Waals surface area contributed by atoms with Crippen molar-refractivity contribution in [1.29, 1.82) is 0 Å². The van der Waals surface area contributed by atoms with E-state index in [1.807, 2.05) is 30.3 Å². The van der Waals surface area contributed by atoms with Gasteiger partial charge >= 0.3 is 5.97 Å². The Morgan fingerprint density at radius 3 is 2.65 bits per heavy atom. The fraction of sp³-hybridized carbons (Fsp3) is 0.556. The zero-order valence-corrected chi connectivity index (χ0v) is 13.2. The van der Waals surface area contributed by atoms with E-state index in [2.05, 4.69) is 0 Å². The number of benzene rings is 1. The van der Waals surface area contributed by atoms with Gasteiger partial charge in [-0.05, 0) is 31.2 Å². The van der Waals surface area contributed by atoms with Gasteiger partial charge in [-0.15, -0.1) is 0 Å². The molecule has 0 spiro atoms. The number of hydrogen-bond acceptors (Lipinski definition) is 3. The summed E-state index contributed by atoms with van der Waals surface area (Å²) in [5.41, 5.74) is 1.03. The number of piperidine rings is 1. The molecule has 5 heteroatoms. The highest BCUT2D eigenvalue weighted by Crippen LogP contribution is 2.35. The van der Waals surface area contributed by atoms with E-state index >= 15 is 0 Å². The molecule has 1 aromatic rings. The number of hydrogen-bond donors (Lipinski definition) is 1. The second kappa shape index (κ2) is 7.13. The van der Waals surface area contributed by atoms with E-state index in [-0.39, 0.29) is 17.9 Å². The van der Waals surface area contributed by atoms with Crippen molar-refractivity contribution in [3.63, 3.8) is 0 Å². The number of likely N-dealkylation sites (tertiary alicyclic amines) is 1. The van der Waals surface area contributed by atoms with Crippen LogP contribution in [0.15, 0.2) is 30.3 Å². The van der Waals surface area contributed by atoms with Crippen LogP contribution in [0.2, 0.25) is 0 Å². The molecule has 1 amide bonds. The molecule has 2 fully saturated rings. The normalized spacial score (nSPS) is 28.3. The lowest BCUT2D eigenvalue weighted by molar-refractivity contribution is -0.151. The molecule has 2 aliphatic rings. The fourth-order valence-corrected chi connectivity index (χ4v) is 3.62. The largest absolute Gasteiger partial charge is 0.481 e. The molecule has 124 valence electrons. The molecular weight excluding hydrogens is 294 g/mol. The molecule has 0 aromatic heterocycles. The Labute approximate surface area is 136 Å². The van der Waals surface area contributed by atoms with Gasteiger partial charge in [0.05, 0.1) is 17.9 Å². The summed E-state index contributed by atoms with van der Waals surface area (Å²) in [5.74, 6) is -1.41. The minimum Gasteiger partial charge on any atom is -0.481 e. The Bertz CT molecular complexity index is 559. The zero-order valence-electron chi connectivity index (χ0n) is 13.2. The van der Waals surface area contributed by atoms with Gasteiger partial charge in [-0.25, -0.2) is 0 Å². The molecule has 0 unspecified atom stereocenters. The number of carboxylic acids is 1. The molecule has 3 atom stereocenters. The Morgan fingerprint density at radius 1 is 1.13 bits per heavy atom. The van der Waals surface area contributed by atoms with Crippen molar-refractivity contribution in [2.75, 3.05) is 19.7 Å². The van der Waals surface area contributed by atoms with E-state index in [0.717, 1.165) is 24.8 Å². The lowest BCUT2D eigenvalue weighted by Crippen LogP contribution is -2.47. The van der Waals surface area contributed by atoms with Crippen molar-refractivity contribution in [1.82, 2.24) is 4.90 Å². The standard InChI is InChI=1S/C18H23NO4/c20-17(19-10-4-8-14(12-19)18(21)22)15-9-5-11-23-16(15)13-6-2-1-3-7-13/h1-3,6-7,14-16H,4-5,8-12H2,(H,21,22)/t14-,15+,16-/m1/s1.